The van der Waals surface area contributed by atoms with Gasteiger partial charge in [0.15, 0.2) is 6.61 Å². The van der Waals surface area contributed by atoms with Crippen molar-refractivity contribution in [2.75, 3.05) is 13.2 Å². The van der Waals surface area contributed by atoms with Gasteiger partial charge < -0.3 is 10.5 Å². The number of nitrogens with zero attached hydrogens (tertiary/aromatic N) is 1. The van der Waals surface area contributed by atoms with Crippen LogP contribution in [0.25, 0.3) is 0 Å². The number of amides is 1. The third-order valence-corrected chi connectivity index (χ3v) is 3.71. The number of hydrogen-bond acceptors (Lipinski definition) is 4. The molecule has 0 bridgehead atoms. The molecule has 0 saturated carbocycles. The van der Waals surface area contributed by atoms with Crippen LogP contribution in [0.15, 0.2) is 24.3 Å². The predicted octanol–water partition coefficient (Wildman–Crippen LogP) is 1.38. The summed E-state index contributed by atoms with van der Waals surface area (Å²) in [6.07, 6.45) is 2.84. The Morgan fingerprint density at radius 1 is 1.38 bits per heavy atom. The monoisotopic (exact) mass is 290 g/mol. The van der Waals surface area contributed by atoms with Crippen LogP contribution in [0, 0.1) is 6.92 Å². The lowest BCUT2D eigenvalue weighted by molar-refractivity contribution is -0.154. The second kappa shape index (κ2) is 7.22. The number of aryl methyl sites for hydroxylation is 1. The van der Waals surface area contributed by atoms with E-state index >= 15 is 0 Å². The summed E-state index contributed by atoms with van der Waals surface area (Å²) in [6, 6.07) is 7.99. The van der Waals surface area contributed by atoms with Crippen molar-refractivity contribution in [1.29, 1.82) is 0 Å². The van der Waals surface area contributed by atoms with Gasteiger partial charge in [0, 0.05) is 6.54 Å². The van der Waals surface area contributed by atoms with Gasteiger partial charge in [-0.15, -0.1) is 0 Å². The maximum Gasteiger partial charge on any atom is 0.323 e. The number of rotatable bonds is 5. The molecule has 2 rings (SSSR count). The largest absolute Gasteiger partial charge is 0.454 e. The van der Waals surface area contributed by atoms with Gasteiger partial charge in [-0.05, 0) is 31.9 Å². The maximum absolute atomic E-state index is 12.1. The summed E-state index contributed by atoms with van der Waals surface area (Å²) < 4.78 is 4.98. The van der Waals surface area contributed by atoms with Gasteiger partial charge in [0.1, 0.15) is 6.04 Å². The van der Waals surface area contributed by atoms with E-state index in [9.17, 15) is 9.59 Å². The molecule has 5 nitrogen and oxygen atoms in total. The molecule has 5 heteroatoms. The molecule has 1 fully saturated rings. The molecule has 0 radical (unpaired) electrons. The van der Waals surface area contributed by atoms with Crippen LogP contribution in [0.4, 0.5) is 0 Å². The van der Waals surface area contributed by atoms with Crippen LogP contribution in [0.2, 0.25) is 0 Å². The Labute approximate surface area is 125 Å². The number of benzene rings is 1. The van der Waals surface area contributed by atoms with E-state index in [1.807, 2.05) is 6.07 Å². The average Bonchev–Trinajstić information content (AvgIpc) is 2.45. The number of nitrogens with two attached hydrogens (primary N) is 1. The molecular weight excluding hydrogens is 268 g/mol. The number of ether oxygens (including phenoxy) is 1. The zero-order valence-electron chi connectivity index (χ0n) is 12.4. The van der Waals surface area contributed by atoms with Crippen LogP contribution in [0.5, 0.6) is 0 Å². The van der Waals surface area contributed by atoms with E-state index in [1.165, 1.54) is 11.1 Å². The summed E-state index contributed by atoms with van der Waals surface area (Å²) in [7, 11) is 0. The number of esters is 1. The Bertz CT molecular complexity index is 516. The molecule has 1 atom stereocenters. The highest BCUT2D eigenvalue weighted by atomic mass is 16.5. The van der Waals surface area contributed by atoms with Crippen molar-refractivity contribution in [2.24, 2.45) is 5.73 Å². The third-order valence-electron chi connectivity index (χ3n) is 3.71. The quantitative estimate of drug-likeness (QED) is 0.831. The molecule has 1 aliphatic heterocycles. The third kappa shape index (κ3) is 4.56. The average molecular weight is 290 g/mol. The van der Waals surface area contributed by atoms with E-state index in [-0.39, 0.29) is 18.6 Å². The summed E-state index contributed by atoms with van der Waals surface area (Å²) in [6.45, 7) is 3.30. The van der Waals surface area contributed by atoms with Crippen molar-refractivity contribution in [2.45, 2.75) is 38.8 Å². The van der Waals surface area contributed by atoms with Crippen molar-refractivity contribution in [1.82, 2.24) is 4.90 Å². The standard InChI is InChI=1S/C16H22N2O3/c1-12-5-4-6-13(9-12)10-18-8-3-2-7-14(18)16(20)21-11-15(17)19/h4-6,9,14H,2-3,7-8,10-11H2,1H3,(H2,17,19)/t14-/m1/s1. The molecule has 1 amide bonds. The summed E-state index contributed by atoms with van der Waals surface area (Å²) in [5.74, 6) is -0.967. The van der Waals surface area contributed by atoms with Crippen molar-refractivity contribution in [3.05, 3.63) is 35.4 Å². The molecule has 0 aromatic heterocycles. The molecule has 0 unspecified atom stereocenters. The molecular formula is C16H22N2O3. The lowest BCUT2D eigenvalue weighted by Crippen LogP contribution is -2.45. The molecule has 1 heterocycles. The van der Waals surface area contributed by atoms with Gasteiger partial charge in [-0.1, -0.05) is 36.2 Å². The molecule has 2 N–H and O–H groups in total. The fourth-order valence-electron chi connectivity index (χ4n) is 2.73. The lowest BCUT2D eigenvalue weighted by atomic mass is 10.0. The minimum atomic E-state index is -0.621. The zero-order chi connectivity index (χ0) is 15.2. The number of piperidine rings is 1. The van der Waals surface area contributed by atoms with E-state index in [0.717, 1.165) is 32.4 Å². The van der Waals surface area contributed by atoms with Gasteiger partial charge in [-0.2, -0.15) is 0 Å². The van der Waals surface area contributed by atoms with E-state index < -0.39 is 5.91 Å². The summed E-state index contributed by atoms with van der Waals surface area (Å²) >= 11 is 0. The number of hydrogen-bond donors (Lipinski definition) is 1. The number of likely N-dealkylation sites (tertiary alicyclic amines) is 1. The molecule has 0 spiro atoms. The Kier molecular flexibility index (Phi) is 5.33. The fourth-order valence-corrected chi connectivity index (χ4v) is 2.73. The second-order valence-electron chi connectivity index (χ2n) is 5.55. The molecule has 114 valence electrons. The lowest BCUT2D eigenvalue weighted by Gasteiger charge is -2.34. The van der Waals surface area contributed by atoms with E-state index in [4.69, 9.17) is 10.5 Å². The second-order valence-corrected chi connectivity index (χ2v) is 5.55. The molecule has 0 aliphatic carbocycles. The highest BCUT2D eigenvalue weighted by Gasteiger charge is 2.30. The van der Waals surface area contributed by atoms with Crippen molar-refractivity contribution in [3.8, 4) is 0 Å². The molecule has 21 heavy (non-hydrogen) atoms. The minimum Gasteiger partial charge on any atom is -0.454 e. The zero-order valence-corrected chi connectivity index (χ0v) is 12.4. The van der Waals surface area contributed by atoms with E-state index in [1.54, 1.807) is 0 Å². The molecule has 1 saturated heterocycles. The predicted molar refractivity (Wildman–Crippen MR) is 79.4 cm³/mol. The van der Waals surface area contributed by atoms with E-state index in [0.29, 0.717) is 0 Å². The van der Waals surface area contributed by atoms with Crippen molar-refractivity contribution in [3.63, 3.8) is 0 Å². The van der Waals surface area contributed by atoms with Gasteiger partial charge in [0.2, 0.25) is 0 Å². The first-order valence-electron chi connectivity index (χ1n) is 7.31. The van der Waals surface area contributed by atoms with Crippen LogP contribution in [0.3, 0.4) is 0 Å². The summed E-state index contributed by atoms with van der Waals surface area (Å²) in [5, 5.41) is 0. The first-order chi connectivity index (χ1) is 10.1. The van der Waals surface area contributed by atoms with Crippen LogP contribution in [-0.4, -0.2) is 36.0 Å². The molecule has 1 aromatic rings. The fraction of sp³-hybridized carbons (Fsp3) is 0.500. The molecule has 1 aromatic carbocycles. The summed E-state index contributed by atoms with van der Waals surface area (Å²) in [4.78, 5) is 25.0. The van der Waals surface area contributed by atoms with Crippen molar-refractivity contribution < 1.29 is 14.3 Å². The topological polar surface area (TPSA) is 72.6 Å². The highest BCUT2D eigenvalue weighted by Crippen LogP contribution is 2.21. The SMILES string of the molecule is Cc1cccc(CN2CCCC[C@@H]2C(=O)OCC(N)=O)c1. The van der Waals surface area contributed by atoms with Crippen LogP contribution >= 0.6 is 0 Å². The van der Waals surface area contributed by atoms with Gasteiger partial charge >= 0.3 is 5.97 Å². The highest BCUT2D eigenvalue weighted by molar-refractivity contribution is 5.81. The first kappa shape index (κ1) is 15.5. The van der Waals surface area contributed by atoms with Gasteiger partial charge in [-0.25, -0.2) is 0 Å². The Morgan fingerprint density at radius 2 is 2.19 bits per heavy atom. The van der Waals surface area contributed by atoms with Crippen LogP contribution < -0.4 is 5.73 Å². The smallest absolute Gasteiger partial charge is 0.323 e. The first-order valence-corrected chi connectivity index (χ1v) is 7.31. The number of primary amides is 1. The van der Waals surface area contributed by atoms with Gasteiger partial charge in [0.05, 0.1) is 0 Å². The van der Waals surface area contributed by atoms with Crippen LogP contribution in [0.1, 0.15) is 30.4 Å². The molecule has 1 aliphatic rings. The van der Waals surface area contributed by atoms with Crippen molar-refractivity contribution >= 4 is 11.9 Å². The Hall–Kier alpha value is -1.88. The minimum absolute atomic E-state index is 0.279. The van der Waals surface area contributed by atoms with Crippen LogP contribution in [-0.2, 0) is 20.9 Å². The summed E-state index contributed by atoms with van der Waals surface area (Å²) in [5.41, 5.74) is 7.41. The van der Waals surface area contributed by atoms with E-state index in [2.05, 4.69) is 30.0 Å². The Balaban J connectivity index is 2.01. The number of carbonyl (C=O) groups is 2. The maximum atomic E-state index is 12.1. The normalized spacial score (nSPS) is 19.2. The van der Waals surface area contributed by atoms with Gasteiger partial charge in [0.25, 0.3) is 5.91 Å². The Morgan fingerprint density at radius 3 is 2.90 bits per heavy atom. The number of carbonyl (C=O) groups excluding carboxylic acids is 2. The van der Waals surface area contributed by atoms with Gasteiger partial charge in [-0.3, -0.25) is 14.5 Å².